The molecule has 1 aromatic carbocycles. The number of para-hydroxylation sites is 1. The zero-order chi connectivity index (χ0) is 16.1. The van der Waals surface area contributed by atoms with Gasteiger partial charge in [0.05, 0.1) is 0 Å². The average Bonchev–Trinajstić information content (AvgIpc) is 2.51. The summed E-state index contributed by atoms with van der Waals surface area (Å²) in [6.45, 7) is 4.03. The molecule has 0 fully saturated rings. The Labute approximate surface area is 127 Å². The molecule has 0 aliphatic rings. The molecule has 0 radical (unpaired) electrons. The van der Waals surface area contributed by atoms with Crippen LogP contribution in [0.5, 0.6) is 0 Å². The van der Waals surface area contributed by atoms with Gasteiger partial charge in [-0.1, -0.05) is 25.1 Å². The molecular formula is C16H18N2O4. The first-order valence-corrected chi connectivity index (χ1v) is 7.14. The molecule has 2 N–H and O–H groups in total. The van der Waals surface area contributed by atoms with Crippen molar-refractivity contribution < 1.29 is 14.0 Å². The lowest BCUT2D eigenvalue weighted by molar-refractivity contribution is -0.122. The van der Waals surface area contributed by atoms with E-state index < -0.39 is 17.6 Å². The summed E-state index contributed by atoms with van der Waals surface area (Å²) in [5.74, 6) is -0.918. The van der Waals surface area contributed by atoms with E-state index in [1.807, 2.05) is 6.92 Å². The fourth-order valence-electron chi connectivity index (χ4n) is 1.96. The quantitative estimate of drug-likeness (QED) is 0.818. The van der Waals surface area contributed by atoms with Gasteiger partial charge in [-0.15, -0.1) is 0 Å². The maximum Gasteiger partial charge on any atom is 0.349 e. The maximum atomic E-state index is 12.1. The fourth-order valence-corrected chi connectivity index (χ4v) is 1.96. The SMILES string of the molecule is CCCNC(=O)[C@H](C)NC(=O)c1cc2ccccc2oc1=O. The Morgan fingerprint density at radius 3 is 2.73 bits per heavy atom. The van der Waals surface area contributed by atoms with Crippen LogP contribution in [0, 0.1) is 0 Å². The molecule has 116 valence electrons. The van der Waals surface area contributed by atoms with Crippen molar-refractivity contribution in [1.29, 1.82) is 0 Å². The van der Waals surface area contributed by atoms with Crippen molar-refractivity contribution in [3.05, 3.63) is 46.3 Å². The lowest BCUT2D eigenvalue weighted by atomic mass is 10.1. The number of nitrogens with one attached hydrogen (secondary N) is 2. The van der Waals surface area contributed by atoms with Crippen LogP contribution in [0.25, 0.3) is 11.0 Å². The van der Waals surface area contributed by atoms with Crippen LogP contribution in [0.15, 0.2) is 39.5 Å². The van der Waals surface area contributed by atoms with Crippen LogP contribution in [-0.2, 0) is 4.79 Å². The number of benzene rings is 1. The highest BCUT2D eigenvalue weighted by Gasteiger charge is 2.19. The van der Waals surface area contributed by atoms with E-state index in [1.54, 1.807) is 31.2 Å². The molecule has 2 rings (SSSR count). The fraction of sp³-hybridized carbons (Fsp3) is 0.312. The van der Waals surface area contributed by atoms with Crippen LogP contribution in [-0.4, -0.2) is 24.4 Å². The van der Waals surface area contributed by atoms with Gasteiger partial charge in [0.25, 0.3) is 5.91 Å². The van der Waals surface area contributed by atoms with Crippen LogP contribution in [0.2, 0.25) is 0 Å². The van der Waals surface area contributed by atoms with E-state index in [0.717, 1.165) is 6.42 Å². The van der Waals surface area contributed by atoms with Gasteiger partial charge in [0.15, 0.2) is 0 Å². The van der Waals surface area contributed by atoms with Gasteiger partial charge in [0.1, 0.15) is 17.2 Å². The highest BCUT2D eigenvalue weighted by molar-refractivity contribution is 5.99. The summed E-state index contributed by atoms with van der Waals surface area (Å²) in [6, 6.07) is 7.65. The Balaban J connectivity index is 2.17. The Bertz CT molecular complexity index is 751. The Hall–Kier alpha value is -2.63. The average molecular weight is 302 g/mol. The monoisotopic (exact) mass is 302 g/mol. The number of carbonyl (C=O) groups excluding carboxylic acids is 2. The molecule has 6 heteroatoms. The lowest BCUT2D eigenvalue weighted by Gasteiger charge is -2.13. The first-order valence-electron chi connectivity index (χ1n) is 7.14. The van der Waals surface area contributed by atoms with Gasteiger partial charge in [-0.3, -0.25) is 9.59 Å². The van der Waals surface area contributed by atoms with E-state index in [0.29, 0.717) is 17.5 Å². The van der Waals surface area contributed by atoms with Gasteiger partial charge in [-0.25, -0.2) is 4.79 Å². The summed E-state index contributed by atoms with van der Waals surface area (Å²) in [4.78, 5) is 35.8. The second kappa shape index (κ2) is 6.89. The summed E-state index contributed by atoms with van der Waals surface area (Å²) in [5, 5.41) is 5.83. The lowest BCUT2D eigenvalue weighted by Crippen LogP contribution is -2.45. The van der Waals surface area contributed by atoms with Crippen LogP contribution in [0.4, 0.5) is 0 Å². The Morgan fingerprint density at radius 1 is 1.27 bits per heavy atom. The third kappa shape index (κ3) is 3.52. The largest absolute Gasteiger partial charge is 0.422 e. The van der Waals surface area contributed by atoms with E-state index in [2.05, 4.69) is 10.6 Å². The number of rotatable bonds is 5. The molecule has 1 atom stereocenters. The summed E-state index contributed by atoms with van der Waals surface area (Å²) in [6.07, 6.45) is 0.806. The summed E-state index contributed by atoms with van der Waals surface area (Å²) < 4.78 is 5.10. The molecule has 0 aliphatic carbocycles. The molecular weight excluding hydrogens is 284 g/mol. The number of fused-ring (bicyclic) bond motifs is 1. The Morgan fingerprint density at radius 2 is 2.00 bits per heavy atom. The predicted molar refractivity (Wildman–Crippen MR) is 82.7 cm³/mol. The van der Waals surface area contributed by atoms with Gasteiger partial charge >= 0.3 is 5.63 Å². The summed E-state index contributed by atoms with van der Waals surface area (Å²) >= 11 is 0. The second-order valence-corrected chi connectivity index (χ2v) is 4.97. The van der Waals surface area contributed by atoms with Crippen molar-refractivity contribution in [3.8, 4) is 0 Å². The summed E-state index contributed by atoms with van der Waals surface area (Å²) in [5.41, 5.74) is -0.427. The minimum absolute atomic E-state index is 0.117. The smallest absolute Gasteiger partial charge is 0.349 e. The molecule has 2 aromatic rings. The minimum atomic E-state index is -0.732. The molecule has 0 unspecified atom stereocenters. The Kier molecular flexibility index (Phi) is 4.93. The highest BCUT2D eigenvalue weighted by atomic mass is 16.4. The van der Waals surface area contributed by atoms with Gasteiger partial charge in [0.2, 0.25) is 5.91 Å². The molecule has 22 heavy (non-hydrogen) atoms. The van der Waals surface area contributed by atoms with Crippen molar-refractivity contribution in [2.45, 2.75) is 26.3 Å². The first kappa shape index (κ1) is 15.8. The van der Waals surface area contributed by atoms with Gasteiger partial charge in [-0.2, -0.15) is 0 Å². The van der Waals surface area contributed by atoms with Crippen molar-refractivity contribution in [2.24, 2.45) is 0 Å². The molecule has 0 saturated heterocycles. The topological polar surface area (TPSA) is 88.4 Å². The van der Waals surface area contributed by atoms with Crippen LogP contribution in [0.1, 0.15) is 30.6 Å². The van der Waals surface area contributed by atoms with Crippen molar-refractivity contribution in [1.82, 2.24) is 10.6 Å². The van der Waals surface area contributed by atoms with Crippen molar-refractivity contribution in [3.63, 3.8) is 0 Å². The van der Waals surface area contributed by atoms with Crippen molar-refractivity contribution >= 4 is 22.8 Å². The van der Waals surface area contributed by atoms with Crippen LogP contribution >= 0.6 is 0 Å². The zero-order valence-corrected chi connectivity index (χ0v) is 12.5. The third-order valence-corrected chi connectivity index (χ3v) is 3.18. The van der Waals surface area contributed by atoms with E-state index in [4.69, 9.17) is 4.42 Å². The highest BCUT2D eigenvalue weighted by Crippen LogP contribution is 2.12. The molecule has 1 heterocycles. The molecule has 0 spiro atoms. The van der Waals surface area contributed by atoms with Gasteiger partial charge in [0, 0.05) is 11.9 Å². The first-order chi connectivity index (χ1) is 10.5. The number of hydrogen-bond donors (Lipinski definition) is 2. The van der Waals surface area contributed by atoms with Crippen LogP contribution in [0.3, 0.4) is 0 Å². The molecule has 1 aromatic heterocycles. The van der Waals surface area contributed by atoms with E-state index in [-0.39, 0.29) is 11.5 Å². The molecule has 0 saturated carbocycles. The van der Waals surface area contributed by atoms with E-state index >= 15 is 0 Å². The number of carbonyl (C=O) groups is 2. The molecule has 2 amide bonds. The minimum Gasteiger partial charge on any atom is -0.422 e. The second-order valence-electron chi connectivity index (χ2n) is 4.97. The number of amides is 2. The molecule has 0 aliphatic heterocycles. The predicted octanol–water partition coefficient (Wildman–Crippen LogP) is 1.44. The normalized spacial score (nSPS) is 11.9. The van der Waals surface area contributed by atoms with E-state index in [1.165, 1.54) is 6.07 Å². The van der Waals surface area contributed by atoms with Gasteiger partial charge < -0.3 is 15.1 Å². The molecule has 6 nitrogen and oxygen atoms in total. The van der Waals surface area contributed by atoms with E-state index in [9.17, 15) is 14.4 Å². The maximum absolute atomic E-state index is 12.1. The standard InChI is InChI=1S/C16H18N2O4/c1-3-8-17-14(19)10(2)18-15(20)12-9-11-6-4-5-7-13(11)22-16(12)21/h4-7,9-10H,3,8H2,1-2H3,(H,17,19)(H,18,20)/t10-/m0/s1. The third-order valence-electron chi connectivity index (χ3n) is 3.18. The summed E-state index contributed by atoms with van der Waals surface area (Å²) in [7, 11) is 0. The molecule has 0 bridgehead atoms. The van der Waals surface area contributed by atoms with Crippen molar-refractivity contribution in [2.75, 3.05) is 6.54 Å². The zero-order valence-electron chi connectivity index (χ0n) is 12.5. The van der Waals surface area contributed by atoms with Crippen LogP contribution < -0.4 is 16.3 Å². The number of hydrogen-bond acceptors (Lipinski definition) is 4. The van der Waals surface area contributed by atoms with Gasteiger partial charge in [-0.05, 0) is 25.5 Å².